The summed E-state index contributed by atoms with van der Waals surface area (Å²) in [4.78, 5) is 0. The fraction of sp³-hybridized carbons (Fsp3) is 0.727. The standard InChI is InChI=1S/C9H16N2.C2H6/c1-5-9-8(7(2)3)6-10-11(9)4;1-2/h6-7H,5H2,1-4H3;1-2H3. The Balaban J connectivity index is 0.000000671. The molecule has 0 saturated carbocycles. The molecule has 0 aliphatic heterocycles. The summed E-state index contributed by atoms with van der Waals surface area (Å²) in [5.41, 5.74) is 2.75. The number of hydrogen-bond acceptors (Lipinski definition) is 1. The molecule has 0 amide bonds. The number of aryl methyl sites for hydroxylation is 1. The van der Waals surface area contributed by atoms with E-state index in [4.69, 9.17) is 0 Å². The van der Waals surface area contributed by atoms with E-state index in [0.29, 0.717) is 5.92 Å². The zero-order valence-electron chi connectivity index (χ0n) is 9.76. The van der Waals surface area contributed by atoms with Crippen LogP contribution in [0.4, 0.5) is 0 Å². The first kappa shape index (κ1) is 12.2. The van der Waals surface area contributed by atoms with Gasteiger partial charge in [-0.2, -0.15) is 5.10 Å². The smallest absolute Gasteiger partial charge is 0.0527 e. The third-order valence-electron chi connectivity index (χ3n) is 2.05. The Morgan fingerprint density at radius 2 is 1.92 bits per heavy atom. The molecule has 0 aliphatic carbocycles. The van der Waals surface area contributed by atoms with Crippen molar-refractivity contribution in [2.45, 2.75) is 47.0 Å². The van der Waals surface area contributed by atoms with Crippen molar-refractivity contribution >= 4 is 0 Å². The minimum absolute atomic E-state index is 0.596. The molecule has 0 aromatic carbocycles. The van der Waals surface area contributed by atoms with E-state index in [0.717, 1.165) is 6.42 Å². The van der Waals surface area contributed by atoms with E-state index in [-0.39, 0.29) is 0 Å². The second kappa shape index (κ2) is 5.79. The molecule has 1 aromatic rings. The van der Waals surface area contributed by atoms with Crippen LogP contribution in [0.3, 0.4) is 0 Å². The van der Waals surface area contributed by atoms with Crippen LogP contribution in [-0.2, 0) is 13.5 Å². The van der Waals surface area contributed by atoms with Gasteiger partial charge in [-0.05, 0) is 17.9 Å². The van der Waals surface area contributed by atoms with Crippen LogP contribution in [-0.4, -0.2) is 9.78 Å². The molecule has 2 nitrogen and oxygen atoms in total. The van der Waals surface area contributed by atoms with Crippen LogP contribution >= 0.6 is 0 Å². The maximum atomic E-state index is 4.23. The van der Waals surface area contributed by atoms with Gasteiger partial charge < -0.3 is 0 Å². The minimum Gasteiger partial charge on any atom is -0.272 e. The second-order valence-electron chi connectivity index (χ2n) is 3.18. The van der Waals surface area contributed by atoms with E-state index >= 15 is 0 Å². The van der Waals surface area contributed by atoms with Gasteiger partial charge >= 0.3 is 0 Å². The Morgan fingerprint density at radius 3 is 2.23 bits per heavy atom. The fourth-order valence-electron chi connectivity index (χ4n) is 1.40. The van der Waals surface area contributed by atoms with Crippen molar-refractivity contribution in [2.24, 2.45) is 7.05 Å². The number of rotatable bonds is 2. The van der Waals surface area contributed by atoms with Gasteiger partial charge in [-0.25, -0.2) is 0 Å². The maximum absolute atomic E-state index is 4.23. The largest absolute Gasteiger partial charge is 0.272 e. The van der Waals surface area contributed by atoms with E-state index in [1.807, 2.05) is 31.8 Å². The van der Waals surface area contributed by atoms with Gasteiger partial charge in [0.1, 0.15) is 0 Å². The average Bonchev–Trinajstić information content (AvgIpc) is 2.50. The number of hydrogen-bond donors (Lipinski definition) is 0. The highest BCUT2D eigenvalue weighted by Crippen LogP contribution is 2.18. The molecular weight excluding hydrogens is 160 g/mol. The van der Waals surface area contributed by atoms with Gasteiger partial charge in [0.15, 0.2) is 0 Å². The lowest BCUT2D eigenvalue weighted by molar-refractivity contribution is 0.709. The lowest BCUT2D eigenvalue weighted by atomic mass is 10.0. The average molecular weight is 182 g/mol. The molecule has 0 atom stereocenters. The van der Waals surface area contributed by atoms with Gasteiger partial charge in [0.25, 0.3) is 0 Å². The molecule has 0 N–H and O–H groups in total. The van der Waals surface area contributed by atoms with E-state index < -0.39 is 0 Å². The van der Waals surface area contributed by atoms with Crippen molar-refractivity contribution in [2.75, 3.05) is 0 Å². The predicted molar refractivity (Wildman–Crippen MR) is 58.0 cm³/mol. The molecule has 0 radical (unpaired) electrons. The van der Waals surface area contributed by atoms with Gasteiger partial charge in [0.05, 0.1) is 6.20 Å². The first-order chi connectivity index (χ1) is 6.16. The van der Waals surface area contributed by atoms with Gasteiger partial charge in [-0.3, -0.25) is 4.68 Å². The van der Waals surface area contributed by atoms with Crippen molar-refractivity contribution in [3.05, 3.63) is 17.5 Å². The Morgan fingerprint density at radius 1 is 1.38 bits per heavy atom. The Hall–Kier alpha value is -0.790. The number of nitrogens with zero attached hydrogens (tertiary/aromatic N) is 2. The lowest BCUT2D eigenvalue weighted by Gasteiger charge is -2.05. The summed E-state index contributed by atoms with van der Waals surface area (Å²) in [6.07, 6.45) is 3.05. The topological polar surface area (TPSA) is 17.8 Å². The van der Waals surface area contributed by atoms with Gasteiger partial charge in [-0.15, -0.1) is 0 Å². The van der Waals surface area contributed by atoms with Crippen LogP contribution in [0.1, 0.15) is 51.8 Å². The zero-order chi connectivity index (χ0) is 10.4. The first-order valence-electron chi connectivity index (χ1n) is 5.17. The molecule has 2 heteroatoms. The summed E-state index contributed by atoms with van der Waals surface area (Å²) in [5.74, 6) is 0.596. The van der Waals surface area contributed by atoms with Crippen LogP contribution in [0.5, 0.6) is 0 Å². The van der Waals surface area contributed by atoms with Gasteiger partial charge in [0.2, 0.25) is 0 Å². The monoisotopic (exact) mass is 182 g/mol. The van der Waals surface area contributed by atoms with Crippen LogP contribution in [0.2, 0.25) is 0 Å². The molecular formula is C11H22N2. The SMILES string of the molecule is CC.CCc1c(C(C)C)cnn1C. The third-order valence-corrected chi connectivity index (χ3v) is 2.05. The van der Waals surface area contributed by atoms with Crippen LogP contribution in [0, 0.1) is 0 Å². The molecule has 1 rings (SSSR count). The van der Waals surface area contributed by atoms with Crippen LogP contribution in [0.15, 0.2) is 6.20 Å². The highest BCUT2D eigenvalue weighted by molar-refractivity contribution is 5.20. The highest BCUT2D eigenvalue weighted by Gasteiger charge is 2.08. The van der Waals surface area contributed by atoms with Crippen LogP contribution < -0.4 is 0 Å². The zero-order valence-corrected chi connectivity index (χ0v) is 9.76. The van der Waals surface area contributed by atoms with Gasteiger partial charge in [0, 0.05) is 12.7 Å². The second-order valence-corrected chi connectivity index (χ2v) is 3.18. The van der Waals surface area contributed by atoms with Crippen LogP contribution in [0.25, 0.3) is 0 Å². The summed E-state index contributed by atoms with van der Waals surface area (Å²) in [7, 11) is 2.00. The highest BCUT2D eigenvalue weighted by atomic mass is 15.3. The van der Waals surface area contributed by atoms with E-state index in [9.17, 15) is 0 Å². The van der Waals surface area contributed by atoms with Crippen molar-refractivity contribution in [1.29, 1.82) is 0 Å². The summed E-state index contributed by atoms with van der Waals surface area (Å²) < 4.78 is 1.97. The van der Waals surface area contributed by atoms with Crippen molar-refractivity contribution in [3.63, 3.8) is 0 Å². The predicted octanol–water partition coefficient (Wildman–Crippen LogP) is 3.13. The quantitative estimate of drug-likeness (QED) is 0.687. The molecule has 0 bridgehead atoms. The molecule has 1 heterocycles. The van der Waals surface area contributed by atoms with E-state index in [1.165, 1.54) is 11.3 Å². The molecule has 13 heavy (non-hydrogen) atoms. The molecule has 0 saturated heterocycles. The summed E-state index contributed by atoms with van der Waals surface area (Å²) >= 11 is 0. The maximum Gasteiger partial charge on any atom is 0.0527 e. The lowest BCUT2D eigenvalue weighted by Crippen LogP contribution is -1.99. The molecule has 0 aliphatic rings. The fourth-order valence-corrected chi connectivity index (χ4v) is 1.40. The van der Waals surface area contributed by atoms with Crippen molar-refractivity contribution < 1.29 is 0 Å². The molecule has 0 spiro atoms. The Labute approximate surface area is 82.0 Å². The van der Waals surface area contributed by atoms with E-state index in [1.54, 1.807) is 0 Å². The normalized spacial score (nSPS) is 9.77. The summed E-state index contributed by atoms with van der Waals surface area (Å²) in [5, 5.41) is 4.23. The minimum atomic E-state index is 0.596. The Bertz CT molecular complexity index is 236. The molecule has 76 valence electrons. The molecule has 1 aromatic heterocycles. The summed E-state index contributed by atoms with van der Waals surface area (Å²) in [6, 6.07) is 0. The Kier molecular flexibility index (Phi) is 5.44. The van der Waals surface area contributed by atoms with Crippen molar-refractivity contribution in [3.8, 4) is 0 Å². The first-order valence-corrected chi connectivity index (χ1v) is 5.17. The van der Waals surface area contributed by atoms with Gasteiger partial charge in [-0.1, -0.05) is 34.6 Å². The summed E-state index contributed by atoms with van der Waals surface area (Å²) in [6.45, 7) is 10.6. The number of aromatic nitrogens is 2. The van der Waals surface area contributed by atoms with E-state index in [2.05, 4.69) is 25.9 Å². The third kappa shape index (κ3) is 2.87. The van der Waals surface area contributed by atoms with Crippen molar-refractivity contribution in [1.82, 2.24) is 9.78 Å². The molecule has 0 fully saturated rings. The molecule has 0 unspecified atom stereocenters.